The Bertz CT molecular complexity index is 962. The van der Waals surface area contributed by atoms with Crippen molar-refractivity contribution < 1.29 is 9.15 Å². The molecule has 0 radical (unpaired) electrons. The summed E-state index contributed by atoms with van der Waals surface area (Å²) in [6.07, 6.45) is 1.59. The molecule has 6 heteroatoms. The highest BCUT2D eigenvalue weighted by molar-refractivity contribution is 5.73. The van der Waals surface area contributed by atoms with E-state index in [-0.39, 0.29) is 0 Å². The number of nitrogen functional groups attached to an aromatic ring is 1. The number of benzene rings is 2. The van der Waals surface area contributed by atoms with Crippen LogP contribution in [0.5, 0.6) is 5.75 Å². The van der Waals surface area contributed by atoms with Crippen LogP contribution in [-0.4, -0.2) is 15.2 Å². The number of furan rings is 1. The number of H-pyrrole nitrogens is 1. The first kappa shape index (κ1) is 15.0. The van der Waals surface area contributed by atoms with Crippen molar-refractivity contribution in [3.63, 3.8) is 0 Å². The van der Waals surface area contributed by atoms with Crippen LogP contribution in [0.3, 0.4) is 0 Å². The van der Waals surface area contributed by atoms with Gasteiger partial charge in [0.05, 0.1) is 6.26 Å². The Labute approximate surface area is 144 Å². The Hall–Kier alpha value is -3.54. The Kier molecular flexibility index (Phi) is 3.92. The fourth-order valence-electron chi connectivity index (χ4n) is 2.47. The van der Waals surface area contributed by atoms with Gasteiger partial charge in [-0.3, -0.25) is 5.10 Å². The zero-order chi connectivity index (χ0) is 17.1. The van der Waals surface area contributed by atoms with E-state index in [1.54, 1.807) is 18.4 Å². The zero-order valence-corrected chi connectivity index (χ0v) is 13.3. The molecule has 2 aromatic carbocycles. The second kappa shape index (κ2) is 6.52. The SMILES string of the molecule is Nc1ccc(OCc2ccccc2)cc1-c1n[nH]c(-c2ccco2)n1. The number of nitrogens with zero attached hydrogens (tertiary/aromatic N) is 2. The highest BCUT2D eigenvalue weighted by Gasteiger charge is 2.13. The molecule has 6 nitrogen and oxygen atoms in total. The van der Waals surface area contributed by atoms with E-state index in [9.17, 15) is 0 Å². The first-order valence-electron chi connectivity index (χ1n) is 7.82. The number of anilines is 1. The van der Waals surface area contributed by atoms with Gasteiger partial charge in [-0.25, -0.2) is 4.98 Å². The number of rotatable bonds is 5. The summed E-state index contributed by atoms with van der Waals surface area (Å²) < 4.78 is 11.2. The van der Waals surface area contributed by atoms with Gasteiger partial charge in [0, 0.05) is 11.3 Å². The average molecular weight is 332 g/mol. The molecular formula is C19H16N4O2. The third kappa shape index (κ3) is 3.23. The molecule has 0 saturated carbocycles. The van der Waals surface area contributed by atoms with Crippen LogP contribution in [0.2, 0.25) is 0 Å². The van der Waals surface area contributed by atoms with Gasteiger partial charge < -0.3 is 14.9 Å². The topological polar surface area (TPSA) is 90.0 Å². The van der Waals surface area contributed by atoms with Crippen LogP contribution in [0, 0.1) is 0 Å². The first-order valence-corrected chi connectivity index (χ1v) is 7.82. The largest absolute Gasteiger partial charge is 0.489 e. The molecule has 0 bridgehead atoms. The Morgan fingerprint density at radius 3 is 2.72 bits per heavy atom. The molecule has 2 heterocycles. The molecular weight excluding hydrogens is 316 g/mol. The van der Waals surface area contributed by atoms with Crippen LogP contribution in [-0.2, 0) is 6.61 Å². The van der Waals surface area contributed by atoms with Gasteiger partial charge in [-0.15, -0.1) is 0 Å². The van der Waals surface area contributed by atoms with Gasteiger partial charge in [-0.1, -0.05) is 30.3 Å². The summed E-state index contributed by atoms with van der Waals surface area (Å²) in [6, 6.07) is 19.1. The van der Waals surface area contributed by atoms with Crippen LogP contribution in [0.4, 0.5) is 5.69 Å². The molecule has 0 aliphatic carbocycles. The maximum atomic E-state index is 6.08. The minimum absolute atomic E-state index is 0.482. The zero-order valence-electron chi connectivity index (χ0n) is 13.3. The number of hydrogen-bond donors (Lipinski definition) is 2. The van der Waals surface area contributed by atoms with Crippen molar-refractivity contribution in [2.45, 2.75) is 6.61 Å². The van der Waals surface area contributed by atoms with Crippen LogP contribution in [0.15, 0.2) is 71.3 Å². The Morgan fingerprint density at radius 2 is 1.92 bits per heavy atom. The lowest BCUT2D eigenvalue weighted by Gasteiger charge is -2.09. The molecule has 0 amide bonds. The molecule has 0 fully saturated rings. The Morgan fingerprint density at radius 1 is 1.04 bits per heavy atom. The molecule has 0 aliphatic heterocycles. The molecule has 4 aromatic rings. The summed E-state index contributed by atoms with van der Waals surface area (Å²) >= 11 is 0. The second-order valence-electron chi connectivity index (χ2n) is 5.51. The van der Waals surface area contributed by atoms with Crippen molar-refractivity contribution >= 4 is 5.69 Å². The lowest BCUT2D eigenvalue weighted by molar-refractivity contribution is 0.306. The van der Waals surface area contributed by atoms with Gasteiger partial charge in [0.2, 0.25) is 0 Å². The molecule has 3 N–H and O–H groups in total. The van der Waals surface area contributed by atoms with E-state index < -0.39 is 0 Å². The van der Waals surface area contributed by atoms with Crippen LogP contribution in [0.25, 0.3) is 23.0 Å². The molecule has 4 rings (SSSR count). The summed E-state index contributed by atoms with van der Waals surface area (Å²) in [7, 11) is 0. The number of nitrogens with two attached hydrogens (primary N) is 1. The number of hydrogen-bond acceptors (Lipinski definition) is 5. The lowest BCUT2D eigenvalue weighted by atomic mass is 10.1. The summed E-state index contributed by atoms with van der Waals surface area (Å²) in [5, 5.41) is 7.09. The quantitative estimate of drug-likeness (QED) is 0.541. The van der Waals surface area contributed by atoms with Gasteiger partial charge in [-0.05, 0) is 35.9 Å². The van der Waals surface area contributed by atoms with Crippen LogP contribution >= 0.6 is 0 Å². The fourth-order valence-corrected chi connectivity index (χ4v) is 2.47. The van der Waals surface area contributed by atoms with E-state index in [0.29, 0.717) is 41.0 Å². The van der Waals surface area contributed by atoms with Crippen molar-refractivity contribution in [3.05, 3.63) is 72.5 Å². The number of nitrogens with one attached hydrogen (secondary N) is 1. The van der Waals surface area contributed by atoms with Crippen molar-refractivity contribution in [3.8, 4) is 28.7 Å². The minimum Gasteiger partial charge on any atom is -0.489 e. The summed E-state index contributed by atoms with van der Waals surface area (Å²) in [6.45, 7) is 0.482. The smallest absolute Gasteiger partial charge is 0.192 e. The molecule has 0 spiro atoms. The minimum atomic E-state index is 0.482. The summed E-state index contributed by atoms with van der Waals surface area (Å²) in [5.41, 5.74) is 8.47. The number of aromatic amines is 1. The van der Waals surface area contributed by atoms with E-state index in [4.69, 9.17) is 14.9 Å². The van der Waals surface area contributed by atoms with Crippen LogP contribution in [0.1, 0.15) is 5.56 Å². The molecule has 25 heavy (non-hydrogen) atoms. The van der Waals surface area contributed by atoms with Crippen molar-refractivity contribution in [2.75, 3.05) is 5.73 Å². The third-order valence-electron chi connectivity index (χ3n) is 3.75. The molecule has 0 atom stereocenters. The molecule has 0 unspecified atom stereocenters. The van der Waals surface area contributed by atoms with Crippen LogP contribution < -0.4 is 10.5 Å². The summed E-state index contributed by atoms with van der Waals surface area (Å²) in [4.78, 5) is 4.45. The standard InChI is InChI=1S/C19H16N4O2/c20-16-9-8-14(25-12-13-5-2-1-3-6-13)11-15(16)18-21-19(23-22-18)17-7-4-10-24-17/h1-11H,12,20H2,(H,21,22,23). The predicted octanol–water partition coefficient (Wildman–Crippen LogP) is 3.89. The second-order valence-corrected chi connectivity index (χ2v) is 5.51. The molecule has 124 valence electrons. The lowest BCUT2D eigenvalue weighted by Crippen LogP contribution is -1.97. The maximum absolute atomic E-state index is 6.08. The van der Waals surface area contributed by atoms with Gasteiger partial charge in [0.15, 0.2) is 17.4 Å². The fraction of sp³-hybridized carbons (Fsp3) is 0.0526. The maximum Gasteiger partial charge on any atom is 0.192 e. The Balaban J connectivity index is 1.57. The number of aromatic nitrogens is 3. The molecule has 0 saturated heterocycles. The van der Waals surface area contributed by atoms with E-state index in [1.807, 2.05) is 48.5 Å². The monoisotopic (exact) mass is 332 g/mol. The van der Waals surface area contributed by atoms with Crippen molar-refractivity contribution in [1.82, 2.24) is 15.2 Å². The highest BCUT2D eigenvalue weighted by atomic mass is 16.5. The predicted molar refractivity (Wildman–Crippen MR) is 94.7 cm³/mol. The average Bonchev–Trinajstić information content (AvgIpc) is 3.33. The number of ether oxygens (including phenoxy) is 1. The van der Waals surface area contributed by atoms with E-state index in [0.717, 1.165) is 5.56 Å². The third-order valence-corrected chi connectivity index (χ3v) is 3.75. The highest BCUT2D eigenvalue weighted by Crippen LogP contribution is 2.29. The van der Waals surface area contributed by atoms with Gasteiger partial charge in [0.1, 0.15) is 12.4 Å². The van der Waals surface area contributed by atoms with E-state index >= 15 is 0 Å². The summed E-state index contributed by atoms with van der Waals surface area (Å²) in [5.74, 6) is 2.37. The van der Waals surface area contributed by atoms with Gasteiger partial charge in [-0.2, -0.15) is 5.10 Å². The van der Waals surface area contributed by atoms with Crippen molar-refractivity contribution in [1.29, 1.82) is 0 Å². The van der Waals surface area contributed by atoms with Gasteiger partial charge >= 0.3 is 0 Å². The molecule has 0 aliphatic rings. The van der Waals surface area contributed by atoms with Crippen molar-refractivity contribution in [2.24, 2.45) is 0 Å². The van der Waals surface area contributed by atoms with Gasteiger partial charge in [0.25, 0.3) is 0 Å². The first-order chi connectivity index (χ1) is 12.3. The van der Waals surface area contributed by atoms with E-state index in [1.165, 1.54) is 0 Å². The van der Waals surface area contributed by atoms with E-state index in [2.05, 4.69) is 15.2 Å². The normalized spacial score (nSPS) is 10.7. The molecule has 2 aromatic heterocycles.